The molecular weight excluding hydrogens is 212 g/mol. The lowest BCUT2D eigenvalue weighted by Crippen LogP contribution is -2.17. The molecule has 2 N–H and O–H groups in total. The van der Waals surface area contributed by atoms with Crippen LogP contribution in [-0.4, -0.2) is 25.4 Å². The molecule has 1 heterocycles. The van der Waals surface area contributed by atoms with Crippen molar-refractivity contribution in [1.82, 2.24) is 4.98 Å². The summed E-state index contributed by atoms with van der Waals surface area (Å²) in [6, 6.07) is 5.27. The van der Waals surface area contributed by atoms with Gasteiger partial charge in [-0.05, 0) is 25.5 Å². The summed E-state index contributed by atoms with van der Waals surface area (Å²) in [5, 5.41) is 0. The molecule has 0 saturated heterocycles. The highest BCUT2D eigenvalue weighted by Gasteiger charge is 2.11. The summed E-state index contributed by atoms with van der Waals surface area (Å²) in [5.74, 6) is 0.101. The quantitative estimate of drug-likeness (QED) is 0.828. The van der Waals surface area contributed by atoms with Crippen molar-refractivity contribution in [3.8, 4) is 0 Å². The Labute approximate surface area is 90.4 Å². The summed E-state index contributed by atoms with van der Waals surface area (Å²) in [6.07, 6.45) is 1.62. The zero-order chi connectivity index (χ0) is 11.5. The number of hydrogen-bond acceptors (Lipinski definition) is 4. The summed E-state index contributed by atoms with van der Waals surface area (Å²) in [6.45, 7) is 1.88. The lowest BCUT2D eigenvalue weighted by molar-refractivity contribution is 0.589. The van der Waals surface area contributed by atoms with E-state index in [1.165, 1.54) is 6.26 Å². The molecule has 5 heteroatoms. The van der Waals surface area contributed by atoms with Crippen LogP contribution < -0.4 is 5.73 Å². The van der Waals surface area contributed by atoms with Crippen LogP contribution in [0.5, 0.6) is 0 Å². The standard InChI is InChI=1S/C10H16N2O2S/c1-8-4-3-5-10(12-8)9(11)6-7-15(2,13)14/h3-5,9H,6-7,11H2,1-2H3. The van der Waals surface area contributed by atoms with Gasteiger partial charge in [0, 0.05) is 18.0 Å². The summed E-state index contributed by atoms with van der Waals surface area (Å²) in [4.78, 5) is 4.25. The van der Waals surface area contributed by atoms with Gasteiger partial charge in [0.1, 0.15) is 9.84 Å². The van der Waals surface area contributed by atoms with E-state index < -0.39 is 9.84 Å². The van der Waals surface area contributed by atoms with Crippen LogP contribution in [0, 0.1) is 6.92 Å². The first-order chi connectivity index (χ1) is 6.88. The van der Waals surface area contributed by atoms with E-state index in [-0.39, 0.29) is 11.8 Å². The van der Waals surface area contributed by atoms with Gasteiger partial charge in [0.25, 0.3) is 0 Å². The highest BCUT2D eigenvalue weighted by atomic mass is 32.2. The topological polar surface area (TPSA) is 73.1 Å². The van der Waals surface area contributed by atoms with Gasteiger partial charge in [0.05, 0.1) is 11.4 Å². The van der Waals surface area contributed by atoms with Gasteiger partial charge >= 0.3 is 0 Å². The Morgan fingerprint density at radius 3 is 2.67 bits per heavy atom. The Morgan fingerprint density at radius 1 is 1.47 bits per heavy atom. The van der Waals surface area contributed by atoms with Gasteiger partial charge in [-0.25, -0.2) is 8.42 Å². The van der Waals surface area contributed by atoms with E-state index in [0.717, 1.165) is 11.4 Å². The van der Waals surface area contributed by atoms with Gasteiger partial charge in [0.2, 0.25) is 0 Å². The van der Waals surface area contributed by atoms with Gasteiger partial charge < -0.3 is 5.73 Å². The summed E-state index contributed by atoms with van der Waals surface area (Å²) < 4.78 is 21.9. The molecule has 0 radical (unpaired) electrons. The van der Waals surface area contributed by atoms with Crippen LogP contribution in [0.3, 0.4) is 0 Å². The second-order valence-electron chi connectivity index (χ2n) is 3.73. The average molecular weight is 228 g/mol. The fourth-order valence-corrected chi connectivity index (χ4v) is 1.94. The van der Waals surface area contributed by atoms with Crippen molar-refractivity contribution in [2.75, 3.05) is 12.0 Å². The molecule has 4 nitrogen and oxygen atoms in total. The molecule has 0 bridgehead atoms. The molecule has 1 aromatic rings. The number of hydrogen-bond donors (Lipinski definition) is 1. The van der Waals surface area contributed by atoms with E-state index >= 15 is 0 Å². The lowest BCUT2D eigenvalue weighted by atomic mass is 10.1. The number of nitrogens with two attached hydrogens (primary N) is 1. The number of rotatable bonds is 4. The van der Waals surface area contributed by atoms with E-state index in [1.807, 2.05) is 25.1 Å². The molecule has 1 unspecified atom stereocenters. The van der Waals surface area contributed by atoms with Crippen LogP contribution in [0.25, 0.3) is 0 Å². The lowest BCUT2D eigenvalue weighted by Gasteiger charge is -2.10. The van der Waals surface area contributed by atoms with Crippen molar-refractivity contribution >= 4 is 9.84 Å². The molecule has 0 aliphatic rings. The van der Waals surface area contributed by atoms with Crippen molar-refractivity contribution in [3.63, 3.8) is 0 Å². The fraction of sp³-hybridized carbons (Fsp3) is 0.500. The second kappa shape index (κ2) is 4.72. The average Bonchev–Trinajstić information content (AvgIpc) is 2.13. The molecule has 0 fully saturated rings. The molecular formula is C10H16N2O2S. The minimum atomic E-state index is -2.95. The third-order valence-corrected chi connectivity index (χ3v) is 3.07. The summed E-state index contributed by atoms with van der Waals surface area (Å²) in [7, 11) is -2.95. The first kappa shape index (κ1) is 12.1. The van der Waals surface area contributed by atoms with Crippen LogP contribution in [0.4, 0.5) is 0 Å². The van der Waals surface area contributed by atoms with Gasteiger partial charge in [-0.1, -0.05) is 6.07 Å². The largest absolute Gasteiger partial charge is 0.323 e. The SMILES string of the molecule is Cc1cccc(C(N)CCS(C)(=O)=O)n1. The molecule has 1 rings (SSSR count). The van der Waals surface area contributed by atoms with E-state index in [2.05, 4.69) is 4.98 Å². The van der Waals surface area contributed by atoms with Crippen molar-refractivity contribution in [3.05, 3.63) is 29.6 Å². The van der Waals surface area contributed by atoms with E-state index in [9.17, 15) is 8.42 Å². The van der Waals surface area contributed by atoms with Gasteiger partial charge in [0.15, 0.2) is 0 Å². The minimum absolute atomic E-state index is 0.101. The zero-order valence-corrected chi connectivity index (χ0v) is 9.79. The maximum Gasteiger partial charge on any atom is 0.147 e. The van der Waals surface area contributed by atoms with Gasteiger partial charge in [-0.3, -0.25) is 4.98 Å². The Hall–Kier alpha value is -0.940. The third-order valence-electron chi connectivity index (χ3n) is 2.09. The highest BCUT2D eigenvalue weighted by Crippen LogP contribution is 2.12. The molecule has 0 aliphatic heterocycles. The fourth-order valence-electron chi connectivity index (χ4n) is 1.26. The Bertz CT molecular complexity index is 429. The molecule has 0 aromatic carbocycles. The Morgan fingerprint density at radius 2 is 2.13 bits per heavy atom. The van der Waals surface area contributed by atoms with Crippen molar-refractivity contribution in [2.24, 2.45) is 5.73 Å². The van der Waals surface area contributed by atoms with E-state index in [0.29, 0.717) is 6.42 Å². The maximum atomic E-state index is 11.0. The third kappa shape index (κ3) is 4.40. The molecule has 1 atom stereocenters. The van der Waals surface area contributed by atoms with E-state index in [1.54, 1.807) is 0 Å². The van der Waals surface area contributed by atoms with Crippen LogP contribution >= 0.6 is 0 Å². The predicted molar refractivity (Wildman–Crippen MR) is 60.2 cm³/mol. The van der Waals surface area contributed by atoms with Gasteiger partial charge in [-0.2, -0.15) is 0 Å². The van der Waals surface area contributed by atoms with Crippen LogP contribution in [-0.2, 0) is 9.84 Å². The molecule has 84 valence electrons. The monoisotopic (exact) mass is 228 g/mol. The predicted octanol–water partition coefficient (Wildman–Crippen LogP) is 0.825. The Kier molecular flexibility index (Phi) is 3.82. The van der Waals surface area contributed by atoms with Crippen molar-refractivity contribution in [1.29, 1.82) is 0 Å². The first-order valence-electron chi connectivity index (χ1n) is 4.75. The second-order valence-corrected chi connectivity index (χ2v) is 5.99. The van der Waals surface area contributed by atoms with Crippen LogP contribution in [0.15, 0.2) is 18.2 Å². The van der Waals surface area contributed by atoms with Crippen molar-refractivity contribution in [2.45, 2.75) is 19.4 Å². The molecule has 0 saturated carbocycles. The number of nitrogens with zero attached hydrogens (tertiary/aromatic N) is 1. The normalized spacial score (nSPS) is 13.8. The first-order valence-corrected chi connectivity index (χ1v) is 6.81. The highest BCUT2D eigenvalue weighted by molar-refractivity contribution is 7.90. The number of sulfone groups is 1. The molecule has 0 aliphatic carbocycles. The molecule has 0 spiro atoms. The molecule has 0 amide bonds. The number of aromatic nitrogens is 1. The van der Waals surface area contributed by atoms with Crippen LogP contribution in [0.1, 0.15) is 23.9 Å². The summed E-state index contributed by atoms with van der Waals surface area (Å²) >= 11 is 0. The van der Waals surface area contributed by atoms with E-state index in [4.69, 9.17) is 5.73 Å². The molecule has 1 aromatic heterocycles. The van der Waals surface area contributed by atoms with Crippen molar-refractivity contribution < 1.29 is 8.42 Å². The number of pyridine rings is 1. The van der Waals surface area contributed by atoms with Gasteiger partial charge in [-0.15, -0.1) is 0 Å². The summed E-state index contributed by atoms with van der Waals surface area (Å²) in [5.41, 5.74) is 7.48. The molecule has 15 heavy (non-hydrogen) atoms. The zero-order valence-electron chi connectivity index (χ0n) is 8.97. The smallest absolute Gasteiger partial charge is 0.147 e. The van der Waals surface area contributed by atoms with Crippen LogP contribution in [0.2, 0.25) is 0 Å². The Balaban J connectivity index is 2.65. The maximum absolute atomic E-state index is 11.0. The number of aryl methyl sites for hydroxylation is 1. The minimum Gasteiger partial charge on any atom is -0.323 e.